The molecule has 2 aromatic rings. The van der Waals surface area contributed by atoms with Gasteiger partial charge in [-0.15, -0.1) is 0 Å². The monoisotopic (exact) mass is 279 g/mol. The van der Waals surface area contributed by atoms with Crippen LogP contribution >= 0.6 is 11.8 Å². The molecule has 1 N–H and O–H groups in total. The van der Waals surface area contributed by atoms with Crippen molar-refractivity contribution in [3.05, 3.63) is 54.1 Å². The summed E-state index contributed by atoms with van der Waals surface area (Å²) in [5.74, 6) is -2.37. The van der Waals surface area contributed by atoms with E-state index in [2.05, 4.69) is 17.4 Å². The molecular formula is C15H15F2NS. The van der Waals surface area contributed by atoms with Crippen molar-refractivity contribution in [1.29, 1.82) is 0 Å². The van der Waals surface area contributed by atoms with Gasteiger partial charge in [0, 0.05) is 11.4 Å². The lowest BCUT2D eigenvalue weighted by molar-refractivity contribution is 0.252. The van der Waals surface area contributed by atoms with Crippen LogP contribution in [-0.2, 0) is 6.54 Å². The fourth-order valence-electron chi connectivity index (χ4n) is 1.89. The number of halogens is 2. The van der Waals surface area contributed by atoms with Gasteiger partial charge in [0.15, 0.2) is 0 Å². The maximum absolute atomic E-state index is 12.2. The highest BCUT2D eigenvalue weighted by Gasteiger charge is 2.05. The third-order valence-corrected chi connectivity index (χ3v) is 3.44. The van der Waals surface area contributed by atoms with E-state index < -0.39 is 5.76 Å². The topological polar surface area (TPSA) is 12.0 Å². The minimum Gasteiger partial charge on any atom is -0.316 e. The zero-order valence-electron chi connectivity index (χ0n) is 10.6. The Morgan fingerprint density at radius 1 is 1.05 bits per heavy atom. The van der Waals surface area contributed by atoms with Gasteiger partial charge in [0.25, 0.3) is 5.76 Å². The maximum atomic E-state index is 12.2. The van der Waals surface area contributed by atoms with Gasteiger partial charge >= 0.3 is 0 Å². The van der Waals surface area contributed by atoms with Crippen molar-refractivity contribution < 1.29 is 8.78 Å². The summed E-state index contributed by atoms with van der Waals surface area (Å²) >= 11 is 0.570. The smallest absolute Gasteiger partial charge is 0.288 e. The van der Waals surface area contributed by atoms with Crippen LogP contribution in [0.15, 0.2) is 53.4 Å². The summed E-state index contributed by atoms with van der Waals surface area (Å²) in [5.41, 5.74) is 3.34. The number of nitrogens with one attached hydrogen (secondary N) is 1. The van der Waals surface area contributed by atoms with Crippen LogP contribution in [0.1, 0.15) is 5.56 Å². The van der Waals surface area contributed by atoms with E-state index in [-0.39, 0.29) is 0 Å². The second kappa shape index (κ2) is 6.68. The molecule has 0 fully saturated rings. The third kappa shape index (κ3) is 4.04. The second-order valence-corrected chi connectivity index (χ2v) is 5.20. The highest BCUT2D eigenvalue weighted by atomic mass is 32.2. The Hall–Kier alpha value is -1.39. The molecule has 0 bridgehead atoms. The van der Waals surface area contributed by atoms with E-state index in [0.717, 1.165) is 17.7 Å². The summed E-state index contributed by atoms with van der Waals surface area (Å²) in [6, 6.07) is 15.4. The second-order valence-electron chi connectivity index (χ2n) is 4.13. The Balaban J connectivity index is 2.19. The average molecular weight is 279 g/mol. The lowest BCUT2D eigenvalue weighted by Crippen LogP contribution is -2.04. The fourth-order valence-corrected chi connectivity index (χ4v) is 2.39. The molecule has 0 aliphatic carbocycles. The fraction of sp³-hybridized carbons (Fsp3) is 0.200. The van der Waals surface area contributed by atoms with E-state index in [1.165, 1.54) is 5.56 Å². The quantitative estimate of drug-likeness (QED) is 0.815. The van der Waals surface area contributed by atoms with E-state index in [1.54, 1.807) is 12.1 Å². The molecule has 0 aliphatic rings. The number of alkyl halides is 2. The molecule has 0 aliphatic heterocycles. The summed E-state index contributed by atoms with van der Waals surface area (Å²) < 4.78 is 24.5. The molecule has 0 saturated carbocycles. The molecule has 19 heavy (non-hydrogen) atoms. The normalized spacial score (nSPS) is 10.9. The number of benzene rings is 2. The van der Waals surface area contributed by atoms with Crippen molar-refractivity contribution in [1.82, 2.24) is 5.32 Å². The molecule has 2 rings (SSSR count). The summed E-state index contributed by atoms with van der Waals surface area (Å²) in [5, 5.41) is 3.11. The van der Waals surface area contributed by atoms with Gasteiger partial charge in [-0.2, -0.15) is 8.78 Å². The zero-order chi connectivity index (χ0) is 13.7. The van der Waals surface area contributed by atoms with Crippen molar-refractivity contribution in [3.63, 3.8) is 0 Å². The molecule has 0 aromatic heterocycles. The number of hydrogen-bond acceptors (Lipinski definition) is 2. The molecule has 4 heteroatoms. The standard InChI is InChI=1S/C15H15F2NS/c1-18-10-11-3-2-4-13(9-11)12-5-7-14(8-6-12)19-15(16)17/h2-9,15,18H,10H2,1H3. The lowest BCUT2D eigenvalue weighted by Gasteiger charge is -2.06. The van der Waals surface area contributed by atoms with E-state index in [9.17, 15) is 8.78 Å². The predicted molar refractivity (Wildman–Crippen MR) is 76.5 cm³/mol. The van der Waals surface area contributed by atoms with Gasteiger partial charge in [-0.1, -0.05) is 42.1 Å². The van der Waals surface area contributed by atoms with Gasteiger partial charge in [-0.25, -0.2) is 0 Å². The molecular weight excluding hydrogens is 264 g/mol. The first kappa shape index (κ1) is 14.0. The molecule has 1 nitrogen and oxygen atoms in total. The van der Waals surface area contributed by atoms with Gasteiger partial charge in [0.1, 0.15) is 0 Å². The number of hydrogen-bond donors (Lipinski definition) is 1. The first-order chi connectivity index (χ1) is 9.19. The number of thioether (sulfide) groups is 1. The first-order valence-electron chi connectivity index (χ1n) is 5.98. The van der Waals surface area contributed by atoms with Gasteiger partial charge < -0.3 is 5.32 Å². The Labute approximate surface area is 116 Å². The van der Waals surface area contributed by atoms with Gasteiger partial charge in [0.05, 0.1) is 0 Å². The van der Waals surface area contributed by atoms with Crippen molar-refractivity contribution in [2.45, 2.75) is 17.2 Å². The number of rotatable bonds is 5. The van der Waals surface area contributed by atoms with E-state index >= 15 is 0 Å². The SMILES string of the molecule is CNCc1cccc(-c2ccc(SC(F)F)cc2)c1. The molecule has 100 valence electrons. The minimum atomic E-state index is -2.37. The average Bonchev–Trinajstić information content (AvgIpc) is 2.40. The van der Waals surface area contributed by atoms with Gasteiger partial charge in [-0.05, 0) is 41.9 Å². The van der Waals surface area contributed by atoms with Crippen LogP contribution in [0.4, 0.5) is 8.78 Å². The highest BCUT2D eigenvalue weighted by Crippen LogP contribution is 2.28. The van der Waals surface area contributed by atoms with Crippen LogP contribution in [0.2, 0.25) is 0 Å². The highest BCUT2D eigenvalue weighted by molar-refractivity contribution is 7.99. The molecule has 0 unspecified atom stereocenters. The molecule has 0 saturated heterocycles. The molecule has 0 heterocycles. The van der Waals surface area contributed by atoms with Crippen LogP contribution in [-0.4, -0.2) is 12.8 Å². The first-order valence-corrected chi connectivity index (χ1v) is 6.86. The summed E-state index contributed by atoms with van der Waals surface area (Å²) in [7, 11) is 1.91. The Bertz CT molecular complexity index is 526. The van der Waals surface area contributed by atoms with Crippen molar-refractivity contribution in [2.24, 2.45) is 0 Å². The van der Waals surface area contributed by atoms with Crippen LogP contribution < -0.4 is 5.32 Å². The lowest BCUT2D eigenvalue weighted by atomic mass is 10.0. The van der Waals surface area contributed by atoms with Crippen LogP contribution in [0.3, 0.4) is 0 Å². The minimum absolute atomic E-state index is 0.570. The Morgan fingerprint density at radius 2 is 1.79 bits per heavy atom. The van der Waals surface area contributed by atoms with Crippen LogP contribution in [0, 0.1) is 0 Å². The maximum Gasteiger partial charge on any atom is 0.288 e. The van der Waals surface area contributed by atoms with Gasteiger partial charge in [-0.3, -0.25) is 0 Å². The van der Waals surface area contributed by atoms with Crippen LogP contribution in [0.25, 0.3) is 11.1 Å². The van der Waals surface area contributed by atoms with E-state index in [4.69, 9.17) is 0 Å². The van der Waals surface area contributed by atoms with Crippen LogP contribution in [0.5, 0.6) is 0 Å². The predicted octanol–water partition coefficient (Wildman–Crippen LogP) is 4.39. The summed E-state index contributed by atoms with van der Waals surface area (Å²) in [6.45, 7) is 0.813. The largest absolute Gasteiger partial charge is 0.316 e. The molecule has 0 atom stereocenters. The van der Waals surface area contributed by atoms with Gasteiger partial charge in [0.2, 0.25) is 0 Å². The van der Waals surface area contributed by atoms with E-state index in [0.29, 0.717) is 16.7 Å². The molecule has 2 aromatic carbocycles. The van der Waals surface area contributed by atoms with E-state index in [1.807, 2.05) is 31.3 Å². The molecule has 0 amide bonds. The summed E-state index contributed by atoms with van der Waals surface area (Å²) in [6.07, 6.45) is 0. The van der Waals surface area contributed by atoms with Crippen molar-refractivity contribution in [2.75, 3.05) is 7.05 Å². The Morgan fingerprint density at radius 3 is 2.42 bits per heavy atom. The third-order valence-electron chi connectivity index (χ3n) is 2.72. The zero-order valence-corrected chi connectivity index (χ0v) is 11.4. The summed E-state index contributed by atoms with van der Waals surface area (Å²) in [4.78, 5) is 0.588. The van der Waals surface area contributed by atoms with Crippen molar-refractivity contribution in [3.8, 4) is 11.1 Å². The molecule has 0 spiro atoms. The molecule has 0 radical (unpaired) electrons. The Kier molecular flexibility index (Phi) is 4.93. The van der Waals surface area contributed by atoms with Crippen molar-refractivity contribution >= 4 is 11.8 Å².